The van der Waals surface area contributed by atoms with Crippen LogP contribution in [0.1, 0.15) is 34.6 Å². The molecule has 2 aliphatic rings. The Morgan fingerprint density at radius 2 is 1.80 bits per heavy atom. The van der Waals surface area contributed by atoms with Crippen LogP contribution in [0.15, 0.2) is 67.3 Å². The summed E-state index contributed by atoms with van der Waals surface area (Å²) in [6.07, 6.45) is 1.84. The summed E-state index contributed by atoms with van der Waals surface area (Å²) in [5.41, 5.74) is 1.79. The number of ether oxygens (including phenoxy) is 3. The lowest BCUT2D eigenvalue weighted by atomic mass is 10.1. The molecule has 2 fully saturated rings. The molecule has 5 atom stereocenters. The molecule has 2 aliphatic heterocycles. The highest BCUT2D eigenvalue weighted by atomic mass is 35.5. The lowest BCUT2D eigenvalue weighted by Gasteiger charge is -2.20. The Morgan fingerprint density at radius 1 is 1.00 bits per heavy atom. The van der Waals surface area contributed by atoms with E-state index in [0.29, 0.717) is 17.7 Å². The van der Waals surface area contributed by atoms with E-state index < -0.39 is 48.7 Å². The number of hydrogen-bond donors (Lipinski definition) is 4. The van der Waals surface area contributed by atoms with Crippen LogP contribution in [-0.4, -0.2) is 73.7 Å². The number of rotatable bonds is 9. The maximum atomic E-state index is 13.6. The molecule has 3 amide bonds. The molecule has 45 heavy (non-hydrogen) atoms. The van der Waals surface area contributed by atoms with Crippen LogP contribution < -0.4 is 16.0 Å². The van der Waals surface area contributed by atoms with E-state index in [-0.39, 0.29) is 28.5 Å². The van der Waals surface area contributed by atoms with Gasteiger partial charge in [0.2, 0.25) is 0 Å². The molecule has 0 radical (unpaired) electrons. The van der Waals surface area contributed by atoms with Crippen molar-refractivity contribution in [2.45, 2.75) is 44.3 Å². The predicted octanol–water partition coefficient (Wildman–Crippen LogP) is 3.36. The SMILES string of the molecule is CCNC(=O)Nc1ncnc2c1ncn2C1OC(C(=O)NCc2c(Cl)cccc2C(=O)O)C2O[C@H](/C=C/c3ccccc3)OC21. The number of aromatic carboxylic acids is 1. The topological polar surface area (TPSA) is 179 Å². The van der Waals surface area contributed by atoms with Gasteiger partial charge in [-0.1, -0.05) is 54.1 Å². The number of carbonyl (C=O) groups is 3. The molecule has 4 unspecified atom stereocenters. The highest BCUT2D eigenvalue weighted by molar-refractivity contribution is 6.31. The first-order valence-electron chi connectivity index (χ1n) is 14.0. The third kappa shape index (κ3) is 6.21. The van der Waals surface area contributed by atoms with Crippen LogP contribution in [0.5, 0.6) is 0 Å². The standard InChI is InChI=1S/C30H28ClN7O7/c1-2-32-30(42)37-25-21-26(35-14-34-25)38(15-36-21)28-24-22(43-20(44-24)12-11-16-7-4-3-5-8-16)23(45-28)27(39)33-13-18-17(29(40)41)9-6-10-19(18)31/h3-12,14-15,20,22-24,28H,2,13H2,1H3,(H,33,39)(H,40,41)(H2,32,34,35,37,42)/b12-11+/t20-,22?,23?,24?,28?/m0/s1. The Hall–Kier alpha value is -4.89. The van der Waals surface area contributed by atoms with Crippen LogP contribution in [0.2, 0.25) is 5.02 Å². The van der Waals surface area contributed by atoms with E-state index in [2.05, 4.69) is 30.9 Å². The molecule has 14 nitrogen and oxygen atoms in total. The van der Waals surface area contributed by atoms with Gasteiger partial charge in [-0.25, -0.2) is 24.5 Å². The van der Waals surface area contributed by atoms with Gasteiger partial charge in [-0.2, -0.15) is 0 Å². The molecular weight excluding hydrogens is 606 g/mol. The molecule has 2 saturated heterocycles. The fraction of sp³-hybridized carbons (Fsp3) is 0.267. The predicted molar refractivity (Wildman–Crippen MR) is 161 cm³/mol. The summed E-state index contributed by atoms with van der Waals surface area (Å²) in [7, 11) is 0. The number of nitrogens with one attached hydrogen (secondary N) is 3. The second-order valence-electron chi connectivity index (χ2n) is 10.1. The van der Waals surface area contributed by atoms with Crippen molar-refractivity contribution in [3.63, 3.8) is 0 Å². The van der Waals surface area contributed by atoms with Gasteiger partial charge in [0.15, 0.2) is 35.6 Å². The van der Waals surface area contributed by atoms with Crippen LogP contribution >= 0.6 is 11.6 Å². The first-order valence-corrected chi connectivity index (χ1v) is 14.4. The van der Waals surface area contributed by atoms with Crippen molar-refractivity contribution < 1.29 is 33.7 Å². The van der Waals surface area contributed by atoms with Crippen molar-refractivity contribution >= 4 is 52.6 Å². The number of carboxylic acids is 1. The molecule has 2 aromatic carbocycles. The third-order valence-electron chi connectivity index (χ3n) is 7.27. The Bertz CT molecular complexity index is 1770. The number of hydrogen-bond acceptors (Lipinski definition) is 9. The molecular formula is C30H28ClN7O7. The molecule has 0 bridgehead atoms. The Labute approximate surface area is 261 Å². The van der Waals surface area contributed by atoms with E-state index in [9.17, 15) is 19.5 Å². The van der Waals surface area contributed by atoms with Gasteiger partial charge in [0.25, 0.3) is 5.91 Å². The maximum absolute atomic E-state index is 13.6. The number of amides is 3. The van der Waals surface area contributed by atoms with E-state index in [0.717, 1.165) is 5.56 Å². The summed E-state index contributed by atoms with van der Waals surface area (Å²) in [5, 5.41) is 17.8. The third-order valence-corrected chi connectivity index (χ3v) is 7.62. The Morgan fingerprint density at radius 3 is 2.58 bits per heavy atom. The molecule has 6 rings (SSSR count). The van der Waals surface area contributed by atoms with Crippen LogP contribution in [0.4, 0.5) is 10.6 Å². The fourth-order valence-electron chi connectivity index (χ4n) is 5.21. The average molecular weight is 634 g/mol. The minimum Gasteiger partial charge on any atom is -0.478 e. The molecule has 0 aliphatic carbocycles. The number of fused-ring (bicyclic) bond motifs is 2. The van der Waals surface area contributed by atoms with E-state index >= 15 is 0 Å². The van der Waals surface area contributed by atoms with Gasteiger partial charge in [-0.05, 0) is 30.7 Å². The Balaban J connectivity index is 1.28. The van der Waals surface area contributed by atoms with Gasteiger partial charge in [-0.15, -0.1) is 0 Å². The van der Waals surface area contributed by atoms with Gasteiger partial charge in [0.1, 0.15) is 18.5 Å². The monoisotopic (exact) mass is 633 g/mol. The highest BCUT2D eigenvalue weighted by Crippen LogP contribution is 2.41. The van der Waals surface area contributed by atoms with Gasteiger partial charge in [0, 0.05) is 23.7 Å². The number of anilines is 1. The van der Waals surface area contributed by atoms with Crippen molar-refractivity contribution in [2.24, 2.45) is 0 Å². The number of nitrogens with zero attached hydrogens (tertiary/aromatic N) is 4. The number of halogens is 1. The second kappa shape index (κ2) is 13.0. The largest absolute Gasteiger partial charge is 0.478 e. The second-order valence-corrected chi connectivity index (χ2v) is 10.5. The molecule has 4 aromatic rings. The zero-order chi connectivity index (χ0) is 31.5. The van der Waals surface area contributed by atoms with Gasteiger partial charge in [0.05, 0.1) is 11.9 Å². The van der Waals surface area contributed by atoms with Crippen molar-refractivity contribution in [1.82, 2.24) is 30.2 Å². The molecule has 0 spiro atoms. The molecule has 232 valence electrons. The van der Waals surface area contributed by atoms with Crippen LogP contribution in [-0.2, 0) is 25.5 Å². The Kier molecular flexibility index (Phi) is 8.71. The number of aromatic nitrogens is 4. The number of carbonyl (C=O) groups excluding carboxylic acids is 2. The first-order chi connectivity index (χ1) is 21.8. The molecule has 15 heteroatoms. The van der Waals surface area contributed by atoms with Crippen molar-refractivity contribution in [2.75, 3.05) is 11.9 Å². The summed E-state index contributed by atoms with van der Waals surface area (Å²) in [6.45, 7) is 2.05. The summed E-state index contributed by atoms with van der Waals surface area (Å²) >= 11 is 6.27. The number of urea groups is 1. The normalized spacial score (nSPS) is 22.4. The van der Waals surface area contributed by atoms with E-state index in [1.54, 1.807) is 23.6 Å². The lowest BCUT2D eigenvalue weighted by Crippen LogP contribution is -2.42. The zero-order valence-electron chi connectivity index (χ0n) is 23.8. The number of benzene rings is 2. The first kappa shape index (κ1) is 30.1. The minimum absolute atomic E-state index is 0.0287. The molecule has 0 saturated carbocycles. The number of carboxylic acid groups (broad SMARTS) is 1. The highest BCUT2D eigenvalue weighted by Gasteiger charge is 2.56. The van der Waals surface area contributed by atoms with Gasteiger partial charge < -0.3 is 30.0 Å². The molecule has 2 aromatic heterocycles. The van der Waals surface area contributed by atoms with E-state index in [4.69, 9.17) is 25.8 Å². The van der Waals surface area contributed by atoms with E-state index in [1.807, 2.05) is 36.4 Å². The van der Waals surface area contributed by atoms with Crippen molar-refractivity contribution in [1.29, 1.82) is 0 Å². The number of imidazole rings is 1. The molecule has 4 N–H and O–H groups in total. The summed E-state index contributed by atoms with van der Waals surface area (Å²) in [6, 6.07) is 13.6. The average Bonchev–Trinajstić information content (AvgIpc) is 3.74. The van der Waals surface area contributed by atoms with E-state index in [1.165, 1.54) is 24.8 Å². The maximum Gasteiger partial charge on any atom is 0.336 e. The fourth-order valence-corrected chi connectivity index (χ4v) is 5.45. The van der Waals surface area contributed by atoms with Crippen LogP contribution in [0.3, 0.4) is 0 Å². The van der Waals surface area contributed by atoms with Crippen molar-refractivity contribution in [3.8, 4) is 0 Å². The lowest BCUT2D eigenvalue weighted by molar-refractivity contribution is -0.152. The van der Waals surface area contributed by atoms with Crippen molar-refractivity contribution in [3.05, 3.63) is 89.0 Å². The van der Waals surface area contributed by atoms with Crippen LogP contribution in [0, 0.1) is 0 Å². The summed E-state index contributed by atoms with van der Waals surface area (Å²) in [4.78, 5) is 50.4. The van der Waals surface area contributed by atoms with Gasteiger partial charge in [-0.3, -0.25) is 14.7 Å². The summed E-state index contributed by atoms with van der Waals surface area (Å²) < 4.78 is 20.3. The quantitative estimate of drug-likeness (QED) is 0.214. The smallest absolute Gasteiger partial charge is 0.336 e. The minimum atomic E-state index is -1.17. The molecule has 4 heterocycles. The van der Waals surface area contributed by atoms with Crippen LogP contribution in [0.25, 0.3) is 17.2 Å². The summed E-state index contributed by atoms with van der Waals surface area (Å²) in [5.74, 6) is -1.54. The zero-order valence-corrected chi connectivity index (χ0v) is 24.5. The van der Waals surface area contributed by atoms with Gasteiger partial charge >= 0.3 is 12.0 Å².